The molecule has 0 spiro atoms. The molecule has 2 N–H and O–H groups in total. The van der Waals surface area contributed by atoms with Crippen molar-refractivity contribution in [2.45, 2.75) is 19.8 Å². The summed E-state index contributed by atoms with van der Waals surface area (Å²) in [5.41, 5.74) is 2.41. The van der Waals surface area contributed by atoms with Gasteiger partial charge in [-0.3, -0.25) is 4.79 Å². The zero-order valence-electron chi connectivity index (χ0n) is 10.8. The average molecular weight is 272 g/mol. The number of aromatic carboxylic acids is 1. The molecule has 1 amide bonds. The molecule has 0 bridgehead atoms. The number of oxazole rings is 1. The van der Waals surface area contributed by atoms with Crippen LogP contribution in [0.1, 0.15) is 28.2 Å². The lowest BCUT2D eigenvalue weighted by Gasteiger charge is -2.16. The fraction of sp³-hybridized carbons (Fsp3) is 0.214. The maximum atomic E-state index is 11.3. The summed E-state index contributed by atoms with van der Waals surface area (Å²) in [7, 11) is 0. The van der Waals surface area contributed by atoms with Gasteiger partial charge in [-0.25, -0.2) is 9.78 Å². The van der Waals surface area contributed by atoms with Crippen molar-refractivity contribution in [3.05, 3.63) is 35.2 Å². The largest absolute Gasteiger partial charge is 0.476 e. The Morgan fingerprint density at radius 3 is 2.90 bits per heavy atom. The number of carbonyl (C=O) groups excluding carboxylic acids is 1. The van der Waals surface area contributed by atoms with Gasteiger partial charge in [0.2, 0.25) is 11.8 Å². The molecule has 0 radical (unpaired) electrons. The number of carboxylic acids is 1. The summed E-state index contributed by atoms with van der Waals surface area (Å²) in [6.07, 6.45) is 1.10. The van der Waals surface area contributed by atoms with Gasteiger partial charge < -0.3 is 14.8 Å². The Morgan fingerprint density at radius 1 is 1.40 bits per heavy atom. The van der Waals surface area contributed by atoms with Crippen molar-refractivity contribution >= 4 is 17.6 Å². The maximum Gasteiger partial charge on any atom is 0.358 e. The summed E-state index contributed by atoms with van der Waals surface area (Å²) in [6, 6.07) is 5.40. The molecule has 0 aliphatic carbocycles. The Hall–Kier alpha value is -2.63. The highest BCUT2D eigenvalue weighted by Crippen LogP contribution is 2.29. The molecule has 102 valence electrons. The number of hydrogen-bond donors (Lipinski definition) is 2. The molecule has 0 saturated carbocycles. The van der Waals surface area contributed by atoms with Crippen LogP contribution in [0, 0.1) is 6.92 Å². The van der Waals surface area contributed by atoms with E-state index in [9.17, 15) is 9.59 Å². The van der Waals surface area contributed by atoms with E-state index in [1.165, 1.54) is 0 Å². The number of benzene rings is 1. The molecule has 6 nitrogen and oxygen atoms in total. The van der Waals surface area contributed by atoms with E-state index >= 15 is 0 Å². The minimum atomic E-state index is -1.11. The standard InChI is InChI=1S/C14H12N2O4/c1-7-12(14(18)19)16-13(20-7)9-2-4-10-8(6-9)3-5-11(17)15-10/h2,4,6H,3,5H2,1H3,(H,15,17)(H,18,19). The Labute approximate surface area is 114 Å². The number of fused-ring (bicyclic) bond motifs is 1. The van der Waals surface area contributed by atoms with Crippen molar-refractivity contribution in [3.63, 3.8) is 0 Å². The number of carboxylic acid groups (broad SMARTS) is 1. The Balaban J connectivity index is 2.01. The second kappa shape index (κ2) is 4.48. The van der Waals surface area contributed by atoms with Crippen molar-refractivity contribution in [2.75, 3.05) is 5.32 Å². The molecule has 0 atom stereocenters. The predicted octanol–water partition coefficient (Wildman–Crippen LogP) is 2.23. The van der Waals surface area contributed by atoms with E-state index in [0.717, 1.165) is 11.3 Å². The van der Waals surface area contributed by atoms with Crippen molar-refractivity contribution < 1.29 is 19.1 Å². The number of aryl methyl sites for hydroxylation is 2. The topological polar surface area (TPSA) is 92.4 Å². The average Bonchev–Trinajstić information content (AvgIpc) is 2.80. The molecule has 6 heteroatoms. The Bertz CT molecular complexity index is 718. The quantitative estimate of drug-likeness (QED) is 0.874. The minimum absolute atomic E-state index is 0.00498. The molecule has 20 heavy (non-hydrogen) atoms. The highest BCUT2D eigenvalue weighted by atomic mass is 16.4. The maximum absolute atomic E-state index is 11.3. The summed E-state index contributed by atoms with van der Waals surface area (Å²) in [5.74, 6) is -0.550. The third kappa shape index (κ3) is 2.05. The molecule has 2 aromatic rings. The van der Waals surface area contributed by atoms with Gasteiger partial charge in [0.15, 0.2) is 5.69 Å². The lowest BCUT2D eigenvalue weighted by molar-refractivity contribution is -0.116. The van der Waals surface area contributed by atoms with E-state index < -0.39 is 5.97 Å². The summed E-state index contributed by atoms with van der Waals surface area (Å²) >= 11 is 0. The summed E-state index contributed by atoms with van der Waals surface area (Å²) in [6.45, 7) is 1.57. The van der Waals surface area contributed by atoms with Crippen LogP contribution in [0.2, 0.25) is 0 Å². The number of nitrogens with one attached hydrogen (secondary N) is 1. The minimum Gasteiger partial charge on any atom is -0.476 e. The number of nitrogens with zero attached hydrogens (tertiary/aromatic N) is 1. The number of anilines is 1. The number of aromatic nitrogens is 1. The fourth-order valence-corrected chi connectivity index (χ4v) is 2.23. The smallest absolute Gasteiger partial charge is 0.358 e. The second-order valence-electron chi connectivity index (χ2n) is 4.65. The van der Waals surface area contributed by atoms with Gasteiger partial charge in [0.25, 0.3) is 0 Å². The second-order valence-corrected chi connectivity index (χ2v) is 4.65. The van der Waals surface area contributed by atoms with E-state index in [1.807, 2.05) is 6.07 Å². The van der Waals surface area contributed by atoms with Crippen LogP contribution in [0.25, 0.3) is 11.5 Å². The third-order valence-electron chi connectivity index (χ3n) is 3.25. The van der Waals surface area contributed by atoms with Gasteiger partial charge in [0, 0.05) is 17.7 Å². The lowest BCUT2D eigenvalue weighted by Crippen LogP contribution is -2.18. The zero-order valence-corrected chi connectivity index (χ0v) is 10.8. The molecule has 1 aromatic heterocycles. The van der Waals surface area contributed by atoms with Crippen LogP contribution in [-0.4, -0.2) is 22.0 Å². The van der Waals surface area contributed by atoms with Gasteiger partial charge in [-0.05, 0) is 37.1 Å². The van der Waals surface area contributed by atoms with Crippen LogP contribution >= 0.6 is 0 Å². The zero-order chi connectivity index (χ0) is 14.3. The third-order valence-corrected chi connectivity index (χ3v) is 3.25. The van der Waals surface area contributed by atoms with Crippen LogP contribution in [0.5, 0.6) is 0 Å². The molecule has 0 unspecified atom stereocenters. The van der Waals surface area contributed by atoms with E-state index in [4.69, 9.17) is 9.52 Å². The van der Waals surface area contributed by atoms with E-state index in [-0.39, 0.29) is 23.3 Å². The van der Waals surface area contributed by atoms with Gasteiger partial charge in [0.05, 0.1) is 0 Å². The SMILES string of the molecule is Cc1oc(-c2ccc3c(c2)CCC(=O)N3)nc1C(=O)O. The molecule has 2 heterocycles. The first kappa shape index (κ1) is 12.4. The number of rotatable bonds is 2. The summed E-state index contributed by atoms with van der Waals surface area (Å²) < 4.78 is 5.39. The highest BCUT2D eigenvalue weighted by Gasteiger charge is 2.19. The van der Waals surface area contributed by atoms with Gasteiger partial charge in [0.1, 0.15) is 5.76 Å². The van der Waals surface area contributed by atoms with Crippen LogP contribution in [0.3, 0.4) is 0 Å². The predicted molar refractivity (Wildman–Crippen MR) is 70.6 cm³/mol. The van der Waals surface area contributed by atoms with Gasteiger partial charge in [-0.2, -0.15) is 0 Å². The molecule has 0 saturated heterocycles. The van der Waals surface area contributed by atoms with E-state index in [2.05, 4.69) is 10.3 Å². The highest BCUT2D eigenvalue weighted by molar-refractivity contribution is 5.94. The van der Waals surface area contributed by atoms with E-state index in [0.29, 0.717) is 18.4 Å². The first-order chi connectivity index (χ1) is 9.54. The van der Waals surface area contributed by atoms with Crippen LogP contribution in [-0.2, 0) is 11.2 Å². The Morgan fingerprint density at radius 2 is 2.20 bits per heavy atom. The van der Waals surface area contributed by atoms with Crippen molar-refractivity contribution in [1.82, 2.24) is 4.98 Å². The molecular formula is C14H12N2O4. The van der Waals surface area contributed by atoms with Crippen molar-refractivity contribution in [2.24, 2.45) is 0 Å². The number of carbonyl (C=O) groups is 2. The summed E-state index contributed by atoms with van der Waals surface area (Å²) in [4.78, 5) is 26.3. The lowest BCUT2D eigenvalue weighted by atomic mass is 10.0. The molecular weight excluding hydrogens is 260 g/mol. The van der Waals surface area contributed by atoms with Gasteiger partial charge >= 0.3 is 5.97 Å². The van der Waals surface area contributed by atoms with Crippen molar-refractivity contribution in [3.8, 4) is 11.5 Å². The molecule has 1 aliphatic heterocycles. The van der Waals surface area contributed by atoms with E-state index in [1.54, 1.807) is 19.1 Å². The molecule has 1 aromatic carbocycles. The van der Waals surface area contributed by atoms with Crippen molar-refractivity contribution in [1.29, 1.82) is 0 Å². The van der Waals surface area contributed by atoms with Crippen LogP contribution < -0.4 is 5.32 Å². The Kier molecular flexibility index (Phi) is 2.78. The molecule has 3 rings (SSSR count). The number of hydrogen-bond acceptors (Lipinski definition) is 4. The molecule has 0 fully saturated rings. The monoisotopic (exact) mass is 272 g/mol. The normalized spacial score (nSPS) is 13.8. The number of amides is 1. The van der Waals surface area contributed by atoms with Gasteiger partial charge in [-0.1, -0.05) is 0 Å². The first-order valence-electron chi connectivity index (χ1n) is 6.18. The van der Waals surface area contributed by atoms with Crippen LogP contribution in [0.15, 0.2) is 22.6 Å². The van der Waals surface area contributed by atoms with Gasteiger partial charge in [-0.15, -0.1) is 0 Å². The fourth-order valence-electron chi connectivity index (χ4n) is 2.23. The summed E-state index contributed by atoms with van der Waals surface area (Å²) in [5, 5.41) is 11.8. The molecule has 1 aliphatic rings. The first-order valence-corrected chi connectivity index (χ1v) is 6.18. The van der Waals surface area contributed by atoms with Crippen LogP contribution in [0.4, 0.5) is 5.69 Å².